The Morgan fingerprint density at radius 2 is 1.86 bits per heavy atom. The summed E-state index contributed by atoms with van der Waals surface area (Å²) in [5.41, 5.74) is 2.68. The van der Waals surface area contributed by atoms with Crippen molar-refractivity contribution < 1.29 is 9.47 Å². The van der Waals surface area contributed by atoms with E-state index in [1.807, 2.05) is 47.0 Å². The molecule has 0 bridgehead atoms. The van der Waals surface area contributed by atoms with Gasteiger partial charge in [0.2, 0.25) is 0 Å². The summed E-state index contributed by atoms with van der Waals surface area (Å²) in [5.74, 6) is 3.19. The minimum Gasteiger partial charge on any atom is -0.486 e. The van der Waals surface area contributed by atoms with Crippen molar-refractivity contribution in [2.45, 2.75) is 31.3 Å². The number of thioether (sulfide) groups is 1. The molecule has 2 aromatic carbocycles. The maximum Gasteiger partial charge on any atom is 0.191 e. The summed E-state index contributed by atoms with van der Waals surface area (Å²) in [6.07, 6.45) is 3.60. The van der Waals surface area contributed by atoms with Crippen molar-refractivity contribution >= 4 is 28.3 Å². The van der Waals surface area contributed by atoms with Gasteiger partial charge in [-0.25, -0.2) is 9.97 Å². The molecule has 29 heavy (non-hydrogen) atoms. The Labute approximate surface area is 173 Å². The molecule has 0 fully saturated rings. The molecule has 0 radical (unpaired) electrons. The number of nitrogens with zero attached hydrogens (tertiary/aromatic N) is 4. The van der Waals surface area contributed by atoms with E-state index in [-0.39, 0.29) is 0 Å². The normalized spacial score (nSPS) is 13.3. The third-order valence-electron chi connectivity index (χ3n) is 4.93. The van der Waals surface area contributed by atoms with Crippen LogP contribution < -0.4 is 9.47 Å². The van der Waals surface area contributed by atoms with Gasteiger partial charge in [-0.05, 0) is 36.8 Å². The van der Waals surface area contributed by atoms with Gasteiger partial charge in [0.1, 0.15) is 13.2 Å². The molecule has 7 heteroatoms. The van der Waals surface area contributed by atoms with Crippen LogP contribution in [0.25, 0.3) is 27.9 Å². The Morgan fingerprint density at radius 3 is 2.76 bits per heavy atom. The molecule has 0 amide bonds. The van der Waals surface area contributed by atoms with Crippen LogP contribution in [-0.2, 0) is 0 Å². The monoisotopic (exact) mass is 406 g/mol. The van der Waals surface area contributed by atoms with E-state index < -0.39 is 0 Å². The van der Waals surface area contributed by atoms with Crippen molar-refractivity contribution in [2.75, 3.05) is 19.0 Å². The third-order valence-corrected chi connectivity index (χ3v) is 5.94. The van der Waals surface area contributed by atoms with E-state index in [9.17, 15) is 0 Å². The maximum atomic E-state index is 5.73. The second kappa shape index (κ2) is 7.91. The fraction of sp³-hybridized carbons (Fsp3) is 0.318. The molecule has 6 nitrogen and oxygen atoms in total. The highest BCUT2D eigenvalue weighted by Crippen LogP contribution is 2.34. The average Bonchev–Trinajstić information content (AvgIpc) is 3.22. The summed E-state index contributed by atoms with van der Waals surface area (Å²) in [5, 5.41) is 6.69. The molecule has 0 atom stereocenters. The van der Waals surface area contributed by atoms with Gasteiger partial charge in [-0.3, -0.25) is 0 Å². The van der Waals surface area contributed by atoms with Crippen LogP contribution in [0.2, 0.25) is 0 Å². The van der Waals surface area contributed by atoms with Gasteiger partial charge >= 0.3 is 0 Å². The Balaban J connectivity index is 1.60. The fourth-order valence-corrected chi connectivity index (χ4v) is 4.39. The first-order valence-electron chi connectivity index (χ1n) is 10.0. The SMILES string of the molecule is CCCCCSc1nc2ccccc2c2nc(-c3ccc4c(c3)OCCO4)nn12. The molecule has 2 aromatic heterocycles. The lowest BCUT2D eigenvalue weighted by Gasteiger charge is -2.18. The lowest BCUT2D eigenvalue weighted by Crippen LogP contribution is -2.15. The van der Waals surface area contributed by atoms with E-state index in [0.29, 0.717) is 19.0 Å². The predicted molar refractivity (Wildman–Crippen MR) is 115 cm³/mol. The van der Waals surface area contributed by atoms with Crippen molar-refractivity contribution in [3.8, 4) is 22.9 Å². The summed E-state index contributed by atoms with van der Waals surface area (Å²) >= 11 is 1.74. The number of hydrogen-bond acceptors (Lipinski definition) is 6. The van der Waals surface area contributed by atoms with Crippen LogP contribution in [0.4, 0.5) is 0 Å². The fourth-order valence-electron chi connectivity index (χ4n) is 3.44. The second-order valence-electron chi connectivity index (χ2n) is 7.00. The summed E-state index contributed by atoms with van der Waals surface area (Å²) < 4.78 is 13.2. The van der Waals surface area contributed by atoms with E-state index in [4.69, 9.17) is 24.5 Å². The number of ether oxygens (including phenoxy) is 2. The highest BCUT2D eigenvalue weighted by atomic mass is 32.2. The first-order valence-corrected chi connectivity index (χ1v) is 11.0. The quantitative estimate of drug-likeness (QED) is 0.255. The minimum atomic E-state index is 0.558. The van der Waals surface area contributed by atoms with Crippen LogP contribution in [0.5, 0.6) is 11.5 Å². The molecule has 0 spiro atoms. The van der Waals surface area contributed by atoms with Gasteiger partial charge in [-0.1, -0.05) is 43.7 Å². The molecule has 0 saturated heterocycles. The van der Waals surface area contributed by atoms with Gasteiger partial charge in [0.25, 0.3) is 0 Å². The van der Waals surface area contributed by atoms with Crippen LogP contribution in [0, 0.1) is 0 Å². The molecule has 5 rings (SSSR count). The molecule has 0 unspecified atom stereocenters. The summed E-state index contributed by atoms with van der Waals surface area (Å²) in [6.45, 7) is 3.35. The Bertz CT molecular complexity index is 1170. The number of para-hydroxylation sites is 1. The summed E-state index contributed by atoms with van der Waals surface area (Å²) in [6, 6.07) is 14.0. The van der Waals surface area contributed by atoms with Gasteiger partial charge in [-0.15, -0.1) is 5.10 Å². The number of rotatable bonds is 6. The number of hydrogen-bond donors (Lipinski definition) is 0. The van der Waals surface area contributed by atoms with Gasteiger partial charge in [0.05, 0.1) is 5.52 Å². The zero-order valence-electron chi connectivity index (χ0n) is 16.3. The molecule has 1 aliphatic rings. The zero-order valence-corrected chi connectivity index (χ0v) is 17.1. The number of benzene rings is 2. The Morgan fingerprint density at radius 1 is 1.00 bits per heavy atom. The molecule has 4 aromatic rings. The van der Waals surface area contributed by atoms with Crippen molar-refractivity contribution in [1.82, 2.24) is 19.6 Å². The van der Waals surface area contributed by atoms with Crippen molar-refractivity contribution in [3.05, 3.63) is 42.5 Å². The maximum absolute atomic E-state index is 5.73. The Kier molecular flexibility index (Phi) is 4.97. The average molecular weight is 407 g/mol. The first kappa shape index (κ1) is 18.2. The smallest absolute Gasteiger partial charge is 0.191 e. The highest BCUT2D eigenvalue weighted by Gasteiger charge is 2.17. The lowest BCUT2D eigenvalue weighted by molar-refractivity contribution is 0.171. The van der Waals surface area contributed by atoms with Crippen LogP contribution in [0.1, 0.15) is 26.2 Å². The largest absolute Gasteiger partial charge is 0.486 e. The van der Waals surface area contributed by atoms with Gasteiger partial charge in [0.15, 0.2) is 28.1 Å². The highest BCUT2D eigenvalue weighted by molar-refractivity contribution is 7.99. The topological polar surface area (TPSA) is 61.5 Å². The molecule has 0 saturated carbocycles. The number of unbranched alkanes of at least 4 members (excludes halogenated alkanes) is 2. The predicted octanol–water partition coefficient (Wildman–Crippen LogP) is 5.00. The molecule has 0 N–H and O–H groups in total. The second-order valence-corrected chi connectivity index (χ2v) is 8.06. The van der Waals surface area contributed by atoms with Crippen molar-refractivity contribution in [3.63, 3.8) is 0 Å². The van der Waals surface area contributed by atoms with Crippen LogP contribution >= 0.6 is 11.8 Å². The van der Waals surface area contributed by atoms with Crippen LogP contribution in [0.3, 0.4) is 0 Å². The van der Waals surface area contributed by atoms with E-state index in [1.54, 1.807) is 11.8 Å². The Hall–Kier alpha value is -2.80. The van der Waals surface area contributed by atoms with Gasteiger partial charge in [0, 0.05) is 16.7 Å². The van der Waals surface area contributed by atoms with Crippen LogP contribution in [0.15, 0.2) is 47.6 Å². The standard InChI is InChI=1S/C22H22N4O2S/c1-2-3-6-13-29-22-23-17-8-5-4-7-16(17)21-24-20(25-26(21)22)15-9-10-18-19(14-15)28-12-11-27-18/h4-5,7-10,14H,2-3,6,11-13H2,1H3. The van der Waals surface area contributed by atoms with E-state index in [1.165, 1.54) is 19.3 Å². The van der Waals surface area contributed by atoms with E-state index in [0.717, 1.165) is 44.5 Å². The number of fused-ring (bicyclic) bond motifs is 4. The summed E-state index contributed by atoms with van der Waals surface area (Å²) in [4.78, 5) is 9.72. The molecule has 1 aliphatic heterocycles. The van der Waals surface area contributed by atoms with Crippen molar-refractivity contribution in [2.24, 2.45) is 0 Å². The molecule has 0 aliphatic carbocycles. The van der Waals surface area contributed by atoms with Gasteiger partial charge in [-0.2, -0.15) is 4.52 Å². The minimum absolute atomic E-state index is 0.558. The number of aromatic nitrogens is 4. The molecule has 3 heterocycles. The molecule has 148 valence electrons. The van der Waals surface area contributed by atoms with E-state index >= 15 is 0 Å². The van der Waals surface area contributed by atoms with E-state index in [2.05, 4.69) is 6.92 Å². The third kappa shape index (κ3) is 3.51. The summed E-state index contributed by atoms with van der Waals surface area (Å²) in [7, 11) is 0. The molecular formula is C22H22N4O2S. The van der Waals surface area contributed by atoms with Gasteiger partial charge < -0.3 is 9.47 Å². The zero-order chi connectivity index (χ0) is 19.6. The first-order chi connectivity index (χ1) is 14.3. The molecular weight excluding hydrogens is 384 g/mol. The van der Waals surface area contributed by atoms with Crippen molar-refractivity contribution in [1.29, 1.82) is 0 Å². The van der Waals surface area contributed by atoms with Crippen LogP contribution in [-0.4, -0.2) is 38.5 Å². The lowest BCUT2D eigenvalue weighted by atomic mass is 10.2.